The largest absolute Gasteiger partial charge is 0.493 e. The summed E-state index contributed by atoms with van der Waals surface area (Å²) < 4.78 is 19.3. The van der Waals surface area contributed by atoms with Crippen molar-refractivity contribution < 1.29 is 18.7 Å². The molecule has 0 aliphatic carbocycles. The number of amides is 3. The third-order valence-electron chi connectivity index (χ3n) is 3.82. The summed E-state index contributed by atoms with van der Waals surface area (Å²) in [6.07, 6.45) is 1.50. The highest BCUT2D eigenvalue weighted by molar-refractivity contribution is 6.30. The van der Waals surface area contributed by atoms with Crippen molar-refractivity contribution in [3.8, 4) is 5.75 Å². The Morgan fingerprint density at radius 2 is 2.00 bits per heavy atom. The molecule has 1 heterocycles. The number of urea groups is 1. The van der Waals surface area contributed by atoms with E-state index in [4.69, 9.17) is 16.3 Å². The number of hydrogen-bond acceptors (Lipinski definition) is 3. The summed E-state index contributed by atoms with van der Waals surface area (Å²) in [5, 5.41) is 2.98. The van der Waals surface area contributed by atoms with Gasteiger partial charge in [0.25, 0.3) is 5.91 Å². The molecule has 1 saturated heterocycles. The molecule has 0 saturated carbocycles. The third-order valence-corrected chi connectivity index (χ3v) is 4.06. The summed E-state index contributed by atoms with van der Waals surface area (Å²) in [6.45, 7) is 2.13. The second kappa shape index (κ2) is 7.58. The quantitative estimate of drug-likeness (QED) is 0.636. The first-order valence-corrected chi connectivity index (χ1v) is 8.37. The van der Waals surface area contributed by atoms with Crippen molar-refractivity contribution in [3.63, 3.8) is 0 Å². The lowest BCUT2D eigenvalue weighted by Gasteiger charge is -2.12. The number of nitrogens with zero attached hydrogens (tertiary/aromatic N) is 1. The minimum absolute atomic E-state index is 0.0783. The van der Waals surface area contributed by atoms with Gasteiger partial charge < -0.3 is 10.1 Å². The predicted octanol–water partition coefficient (Wildman–Crippen LogP) is 3.97. The smallest absolute Gasteiger partial charge is 0.329 e. The number of carbonyl (C=O) groups is 2. The first-order chi connectivity index (χ1) is 12.5. The average molecular weight is 375 g/mol. The molecule has 2 aromatic carbocycles. The maximum Gasteiger partial charge on any atom is 0.329 e. The number of rotatable bonds is 5. The molecule has 5 nitrogen and oxygen atoms in total. The van der Waals surface area contributed by atoms with Crippen molar-refractivity contribution in [1.29, 1.82) is 0 Å². The van der Waals surface area contributed by atoms with Crippen LogP contribution in [0.5, 0.6) is 5.75 Å². The van der Waals surface area contributed by atoms with Crippen LogP contribution >= 0.6 is 11.6 Å². The van der Waals surface area contributed by atoms with Gasteiger partial charge in [0.2, 0.25) is 0 Å². The number of nitrogens with one attached hydrogen (secondary N) is 1. The number of halogens is 2. The van der Waals surface area contributed by atoms with Gasteiger partial charge in [0.15, 0.2) is 0 Å². The Hall–Kier alpha value is -2.86. The summed E-state index contributed by atoms with van der Waals surface area (Å²) in [4.78, 5) is 25.7. The number of carbonyl (C=O) groups excluding carboxylic acids is 2. The fourth-order valence-corrected chi connectivity index (χ4v) is 2.77. The molecule has 2 aromatic rings. The molecule has 0 radical (unpaired) electrons. The first kappa shape index (κ1) is 17.9. The van der Waals surface area contributed by atoms with Crippen LogP contribution in [0.25, 0.3) is 6.08 Å². The zero-order chi connectivity index (χ0) is 18.7. The summed E-state index contributed by atoms with van der Waals surface area (Å²) >= 11 is 6.01. The number of imide groups is 1. The maximum atomic E-state index is 13.8. The molecule has 0 spiro atoms. The van der Waals surface area contributed by atoms with Gasteiger partial charge in [-0.1, -0.05) is 29.8 Å². The lowest BCUT2D eigenvalue weighted by atomic mass is 10.1. The summed E-state index contributed by atoms with van der Waals surface area (Å²) in [6, 6.07) is 10.4. The van der Waals surface area contributed by atoms with Gasteiger partial charge in [-0.25, -0.2) is 9.18 Å². The lowest BCUT2D eigenvalue weighted by Crippen LogP contribution is -2.30. The van der Waals surface area contributed by atoms with Gasteiger partial charge in [-0.15, -0.1) is 0 Å². The molecule has 1 aliphatic rings. The van der Waals surface area contributed by atoms with Gasteiger partial charge in [0.05, 0.1) is 13.2 Å². The van der Waals surface area contributed by atoms with E-state index in [0.29, 0.717) is 22.9 Å². The minimum atomic E-state index is -0.607. The van der Waals surface area contributed by atoms with Gasteiger partial charge in [-0.2, -0.15) is 0 Å². The number of hydrogen-bond donors (Lipinski definition) is 1. The maximum absolute atomic E-state index is 13.8. The monoisotopic (exact) mass is 374 g/mol. The standard InChI is InChI=1S/C19H16ClFN2O3/c1-2-26-17-8-7-14(20)9-13(17)10-16-18(24)23(19(25)22-16)11-12-5-3-4-6-15(12)21/h3-10H,2,11H2,1H3,(H,22,25). The Labute approximate surface area is 155 Å². The second-order valence-electron chi connectivity index (χ2n) is 5.59. The number of ether oxygens (including phenoxy) is 1. The lowest BCUT2D eigenvalue weighted by molar-refractivity contribution is -0.123. The van der Waals surface area contributed by atoms with Crippen LogP contribution in [0.15, 0.2) is 48.2 Å². The molecule has 3 rings (SSSR count). The molecule has 1 fully saturated rings. The Balaban J connectivity index is 1.88. The Kier molecular flexibility index (Phi) is 5.23. The zero-order valence-electron chi connectivity index (χ0n) is 14.0. The van der Waals surface area contributed by atoms with E-state index in [-0.39, 0.29) is 17.8 Å². The van der Waals surface area contributed by atoms with E-state index in [1.54, 1.807) is 30.3 Å². The SMILES string of the molecule is CCOc1ccc(Cl)cc1C=C1NC(=O)N(Cc2ccccc2F)C1=O. The predicted molar refractivity (Wildman–Crippen MR) is 96.1 cm³/mol. The minimum Gasteiger partial charge on any atom is -0.493 e. The van der Waals surface area contributed by atoms with E-state index in [2.05, 4.69) is 5.32 Å². The Morgan fingerprint density at radius 3 is 2.73 bits per heavy atom. The number of benzene rings is 2. The van der Waals surface area contributed by atoms with Crippen molar-refractivity contribution in [2.75, 3.05) is 6.61 Å². The van der Waals surface area contributed by atoms with E-state index >= 15 is 0 Å². The van der Waals surface area contributed by atoms with E-state index in [1.165, 1.54) is 18.2 Å². The van der Waals surface area contributed by atoms with Crippen LogP contribution in [0.3, 0.4) is 0 Å². The van der Waals surface area contributed by atoms with Crippen molar-refractivity contribution in [3.05, 3.63) is 70.1 Å². The molecule has 7 heteroatoms. The van der Waals surface area contributed by atoms with Gasteiger partial charge in [0.1, 0.15) is 17.3 Å². The molecular formula is C19H16ClFN2O3. The van der Waals surface area contributed by atoms with E-state index in [9.17, 15) is 14.0 Å². The first-order valence-electron chi connectivity index (χ1n) is 8.00. The van der Waals surface area contributed by atoms with Gasteiger partial charge in [-0.3, -0.25) is 9.69 Å². The van der Waals surface area contributed by atoms with E-state index in [1.807, 2.05) is 6.92 Å². The molecule has 1 aliphatic heterocycles. The van der Waals surface area contributed by atoms with Crippen LogP contribution in [0, 0.1) is 5.82 Å². The molecule has 26 heavy (non-hydrogen) atoms. The highest BCUT2D eigenvalue weighted by Crippen LogP contribution is 2.27. The molecule has 0 atom stereocenters. The highest BCUT2D eigenvalue weighted by Gasteiger charge is 2.34. The molecule has 0 aromatic heterocycles. The molecule has 0 unspecified atom stereocenters. The average Bonchev–Trinajstić information content (AvgIpc) is 2.87. The zero-order valence-corrected chi connectivity index (χ0v) is 14.7. The molecule has 0 bridgehead atoms. The fourth-order valence-electron chi connectivity index (χ4n) is 2.59. The molecule has 1 N–H and O–H groups in total. The van der Waals surface area contributed by atoms with Crippen molar-refractivity contribution in [2.24, 2.45) is 0 Å². The summed E-state index contributed by atoms with van der Waals surface area (Å²) in [5.74, 6) is -0.473. The Bertz CT molecular complexity index is 898. The van der Waals surface area contributed by atoms with Crippen LogP contribution < -0.4 is 10.1 Å². The second-order valence-corrected chi connectivity index (χ2v) is 6.02. The summed E-state index contributed by atoms with van der Waals surface area (Å²) in [5.41, 5.74) is 0.903. The van der Waals surface area contributed by atoms with Gasteiger partial charge in [-0.05, 0) is 37.3 Å². The highest BCUT2D eigenvalue weighted by atomic mass is 35.5. The normalized spacial score (nSPS) is 15.5. The van der Waals surface area contributed by atoms with Crippen molar-refractivity contribution >= 4 is 29.6 Å². The van der Waals surface area contributed by atoms with Crippen LogP contribution in [0.4, 0.5) is 9.18 Å². The van der Waals surface area contributed by atoms with Crippen LogP contribution in [0.2, 0.25) is 5.02 Å². The van der Waals surface area contributed by atoms with Gasteiger partial charge in [0, 0.05) is 16.1 Å². The molecule has 134 valence electrons. The fraction of sp³-hybridized carbons (Fsp3) is 0.158. The topological polar surface area (TPSA) is 58.6 Å². The molecular weight excluding hydrogens is 359 g/mol. The third kappa shape index (κ3) is 3.70. The van der Waals surface area contributed by atoms with Crippen LogP contribution in [-0.2, 0) is 11.3 Å². The van der Waals surface area contributed by atoms with Crippen LogP contribution in [0.1, 0.15) is 18.1 Å². The summed E-state index contributed by atoms with van der Waals surface area (Å²) in [7, 11) is 0. The molecule has 3 amide bonds. The Morgan fingerprint density at radius 1 is 1.23 bits per heavy atom. The van der Waals surface area contributed by atoms with Crippen molar-refractivity contribution in [1.82, 2.24) is 10.2 Å². The van der Waals surface area contributed by atoms with Crippen molar-refractivity contribution in [2.45, 2.75) is 13.5 Å². The van der Waals surface area contributed by atoms with E-state index < -0.39 is 17.8 Å². The van der Waals surface area contributed by atoms with E-state index in [0.717, 1.165) is 4.90 Å². The van der Waals surface area contributed by atoms with Crippen LogP contribution in [-0.4, -0.2) is 23.4 Å². The van der Waals surface area contributed by atoms with Gasteiger partial charge >= 0.3 is 6.03 Å².